The van der Waals surface area contributed by atoms with E-state index in [9.17, 15) is 14.7 Å². The van der Waals surface area contributed by atoms with Gasteiger partial charge in [-0.1, -0.05) is 0 Å². The number of hydrogen-bond acceptors (Lipinski definition) is 4. The molecule has 1 saturated heterocycles. The average molecular weight is 214 g/mol. The molecule has 2 aliphatic rings. The van der Waals surface area contributed by atoms with E-state index in [4.69, 9.17) is 9.84 Å². The van der Waals surface area contributed by atoms with Crippen LogP contribution in [-0.2, 0) is 14.3 Å². The van der Waals surface area contributed by atoms with Gasteiger partial charge in [-0.2, -0.15) is 0 Å². The monoisotopic (exact) mass is 214 g/mol. The van der Waals surface area contributed by atoms with Crippen LogP contribution in [0.3, 0.4) is 0 Å². The SMILES string of the molecule is CC(O)C1C(C(=O)O)C2C(C)OC(=O)C12. The van der Waals surface area contributed by atoms with Gasteiger partial charge in [0.2, 0.25) is 0 Å². The van der Waals surface area contributed by atoms with Gasteiger partial charge < -0.3 is 14.9 Å². The maximum Gasteiger partial charge on any atom is 0.310 e. The molecule has 84 valence electrons. The molecule has 0 bridgehead atoms. The Hall–Kier alpha value is -1.10. The van der Waals surface area contributed by atoms with Crippen LogP contribution in [0.25, 0.3) is 0 Å². The van der Waals surface area contributed by atoms with E-state index in [1.54, 1.807) is 6.92 Å². The quantitative estimate of drug-likeness (QED) is 0.626. The van der Waals surface area contributed by atoms with Crippen molar-refractivity contribution < 1.29 is 24.5 Å². The van der Waals surface area contributed by atoms with Crippen molar-refractivity contribution in [2.24, 2.45) is 23.7 Å². The topological polar surface area (TPSA) is 83.8 Å². The van der Waals surface area contributed by atoms with Crippen molar-refractivity contribution in [1.29, 1.82) is 0 Å². The van der Waals surface area contributed by atoms with Crippen molar-refractivity contribution in [3.63, 3.8) is 0 Å². The number of aliphatic carboxylic acids is 1. The van der Waals surface area contributed by atoms with E-state index >= 15 is 0 Å². The van der Waals surface area contributed by atoms with Crippen LogP contribution in [-0.4, -0.2) is 34.4 Å². The number of hydrogen-bond donors (Lipinski definition) is 2. The summed E-state index contributed by atoms with van der Waals surface area (Å²) < 4.78 is 5.00. The predicted octanol–water partition coefficient (Wildman–Crippen LogP) is -0.125. The lowest BCUT2D eigenvalue weighted by Gasteiger charge is -2.45. The normalized spacial score (nSPS) is 45.3. The number of rotatable bonds is 2. The van der Waals surface area contributed by atoms with Crippen LogP contribution in [0.2, 0.25) is 0 Å². The molecular formula is C10H14O5. The minimum atomic E-state index is -0.952. The second kappa shape index (κ2) is 3.20. The summed E-state index contributed by atoms with van der Waals surface area (Å²) in [5.74, 6) is -3.17. The predicted molar refractivity (Wildman–Crippen MR) is 48.8 cm³/mol. The number of carbonyl (C=O) groups is 2. The van der Waals surface area contributed by atoms with Crippen LogP contribution in [0.15, 0.2) is 0 Å². The lowest BCUT2D eigenvalue weighted by atomic mass is 9.54. The van der Waals surface area contributed by atoms with Crippen molar-refractivity contribution in [1.82, 2.24) is 0 Å². The number of aliphatic hydroxyl groups is 1. The number of carboxylic acid groups (broad SMARTS) is 1. The van der Waals surface area contributed by atoms with Gasteiger partial charge in [-0.3, -0.25) is 9.59 Å². The van der Waals surface area contributed by atoms with Crippen LogP contribution in [0, 0.1) is 23.7 Å². The summed E-state index contributed by atoms with van der Waals surface area (Å²) in [6.45, 7) is 3.23. The largest absolute Gasteiger partial charge is 0.481 e. The minimum Gasteiger partial charge on any atom is -0.481 e. The van der Waals surface area contributed by atoms with Crippen LogP contribution in [0.4, 0.5) is 0 Å². The molecule has 0 aromatic heterocycles. The third-order valence-electron chi connectivity index (χ3n) is 3.62. The Morgan fingerprint density at radius 1 is 1.53 bits per heavy atom. The fourth-order valence-corrected chi connectivity index (χ4v) is 2.98. The lowest BCUT2D eigenvalue weighted by Crippen LogP contribution is -2.56. The summed E-state index contributed by atoms with van der Waals surface area (Å²) in [6.07, 6.45) is -1.14. The fourth-order valence-electron chi connectivity index (χ4n) is 2.98. The van der Waals surface area contributed by atoms with Crippen LogP contribution in [0.5, 0.6) is 0 Å². The molecule has 2 fully saturated rings. The third kappa shape index (κ3) is 1.26. The zero-order valence-corrected chi connectivity index (χ0v) is 8.58. The number of ether oxygens (including phenoxy) is 1. The van der Waals surface area contributed by atoms with Gasteiger partial charge in [0, 0.05) is 11.8 Å². The molecule has 0 aromatic rings. The van der Waals surface area contributed by atoms with Gasteiger partial charge >= 0.3 is 11.9 Å². The van der Waals surface area contributed by atoms with E-state index in [0.29, 0.717) is 0 Å². The van der Waals surface area contributed by atoms with E-state index in [0.717, 1.165) is 0 Å². The summed E-state index contributed by atoms with van der Waals surface area (Å²) in [5.41, 5.74) is 0. The molecule has 2 N–H and O–H groups in total. The van der Waals surface area contributed by atoms with E-state index in [-0.39, 0.29) is 18.0 Å². The van der Waals surface area contributed by atoms with Crippen molar-refractivity contribution in [3.8, 4) is 0 Å². The summed E-state index contributed by atoms with van der Waals surface area (Å²) in [6, 6.07) is 0. The number of fused-ring (bicyclic) bond motifs is 1. The highest BCUT2D eigenvalue weighted by Gasteiger charge is 2.65. The standard InChI is InChI=1S/C10H14O5/c1-3(11)5-7(9(12)13)6-4(2)15-10(14)8(5)6/h3-8,11H,1-2H3,(H,12,13). The number of esters is 1. The first-order valence-electron chi connectivity index (χ1n) is 5.06. The van der Waals surface area contributed by atoms with Gasteiger partial charge in [-0.25, -0.2) is 0 Å². The Morgan fingerprint density at radius 3 is 2.60 bits per heavy atom. The van der Waals surface area contributed by atoms with E-state index in [1.165, 1.54) is 6.92 Å². The van der Waals surface area contributed by atoms with Gasteiger partial charge in [0.25, 0.3) is 0 Å². The Balaban J connectivity index is 2.26. The summed E-state index contributed by atoms with van der Waals surface area (Å²) >= 11 is 0. The zero-order chi connectivity index (χ0) is 11.3. The first-order chi connectivity index (χ1) is 6.95. The van der Waals surface area contributed by atoms with E-state index in [1.807, 2.05) is 0 Å². The smallest absolute Gasteiger partial charge is 0.310 e. The van der Waals surface area contributed by atoms with Gasteiger partial charge in [-0.05, 0) is 13.8 Å². The maximum absolute atomic E-state index is 11.4. The molecule has 5 heteroatoms. The molecule has 0 spiro atoms. The molecule has 5 nitrogen and oxygen atoms in total. The van der Waals surface area contributed by atoms with Crippen LogP contribution >= 0.6 is 0 Å². The molecule has 0 aromatic carbocycles. The molecule has 1 aliphatic heterocycles. The van der Waals surface area contributed by atoms with E-state index < -0.39 is 29.8 Å². The highest BCUT2D eigenvalue weighted by atomic mass is 16.6. The highest BCUT2D eigenvalue weighted by molar-refractivity contribution is 5.83. The van der Waals surface area contributed by atoms with Crippen molar-refractivity contribution in [3.05, 3.63) is 0 Å². The van der Waals surface area contributed by atoms with Gasteiger partial charge in [0.05, 0.1) is 17.9 Å². The molecule has 0 amide bonds. The second-order valence-electron chi connectivity index (χ2n) is 4.43. The van der Waals surface area contributed by atoms with Crippen LogP contribution in [0.1, 0.15) is 13.8 Å². The molecule has 15 heavy (non-hydrogen) atoms. The molecule has 1 aliphatic carbocycles. The summed E-state index contributed by atoms with van der Waals surface area (Å²) in [7, 11) is 0. The Kier molecular flexibility index (Phi) is 2.22. The molecule has 1 heterocycles. The van der Waals surface area contributed by atoms with Crippen molar-refractivity contribution in [2.75, 3.05) is 0 Å². The third-order valence-corrected chi connectivity index (χ3v) is 3.62. The number of cyclic esters (lactones) is 1. The van der Waals surface area contributed by atoms with Crippen LogP contribution < -0.4 is 0 Å². The molecule has 2 rings (SSSR count). The first kappa shape index (κ1) is 10.4. The molecule has 6 unspecified atom stereocenters. The average Bonchev–Trinajstić information content (AvgIpc) is 2.19. The maximum atomic E-state index is 11.4. The van der Waals surface area contributed by atoms with Crippen molar-refractivity contribution >= 4 is 11.9 Å². The summed E-state index contributed by atoms with van der Waals surface area (Å²) in [4.78, 5) is 22.4. The molecule has 1 saturated carbocycles. The van der Waals surface area contributed by atoms with Gasteiger partial charge in [-0.15, -0.1) is 0 Å². The number of aliphatic hydroxyl groups excluding tert-OH is 1. The van der Waals surface area contributed by atoms with Crippen molar-refractivity contribution in [2.45, 2.75) is 26.1 Å². The fraction of sp³-hybridized carbons (Fsp3) is 0.800. The molecular weight excluding hydrogens is 200 g/mol. The second-order valence-corrected chi connectivity index (χ2v) is 4.43. The van der Waals surface area contributed by atoms with Gasteiger partial charge in [0.1, 0.15) is 6.10 Å². The molecule has 0 radical (unpaired) electrons. The number of carboxylic acids is 1. The number of carbonyl (C=O) groups excluding carboxylic acids is 1. The van der Waals surface area contributed by atoms with Gasteiger partial charge in [0.15, 0.2) is 0 Å². The molecule has 6 atom stereocenters. The zero-order valence-electron chi connectivity index (χ0n) is 8.58. The minimum absolute atomic E-state index is 0.269. The first-order valence-corrected chi connectivity index (χ1v) is 5.06. The summed E-state index contributed by atoms with van der Waals surface area (Å²) in [5, 5.41) is 18.5. The Morgan fingerprint density at radius 2 is 2.13 bits per heavy atom. The highest BCUT2D eigenvalue weighted by Crippen LogP contribution is 2.54. The lowest BCUT2D eigenvalue weighted by molar-refractivity contribution is -0.167. The van der Waals surface area contributed by atoms with E-state index in [2.05, 4.69) is 0 Å². The Bertz CT molecular complexity index is 311. The Labute approximate surface area is 87.0 Å².